The first-order valence-electron chi connectivity index (χ1n) is 5.24. The molecule has 1 aliphatic heterocycles. The van der Waals surface area contributed by atoms with Gasteiger partial charge in [-0.05, 0) is 31.0 Å². The summed E-state index contributed by atoms with van der Waals surface area (Å²) in [6.07, 6.45) is 0.873. The van der Waals surface area contributed by atoms with Gasteiger partial charge in [0, 0.05) is 16.7 Å². The zero-order valence-electron chi connectivity index (χ0n) is 9.37. The molecule has 1 aromatic carbocycles. The van der Waals surface area contributed by atoms with E-state index in [9.17, 15) is 4.79 Å². The maximum absolute atomic E-state index is 11.5. The third-order valence-electron chi connectivity index (χ3n) is 2.98. The fourth-order valence-electron chi connectivity index (χ4n) is 1.84. The molecule has 1 aliphatic rings. The first kappa shape index (κ1) is 11.5. The van der Waals surface area contributed by atoms with Crippen molar-refractivity contribution in [1.82, 2.24) is 0 Å². The Labute approximate surface area is 104 Å². The zero-order chi connectivity index (χ0) is 11.7. The summed E-state index contributed by atoms with van der Waals surface area (Å²) in [6, 6.07) is 6.02. The second kappa shape index (κ2) is 4.45. The molecule has 3 nitrogen and oxygen atoms in total. The number of ether oxygens (including phenoxy) is 1. The monoisotopic (exact) mass is 283 g/mol. The number of carbonyl (C=O) groups is 1. The Balaban J connectivity index is 2.19. The Hall–Kier alpha value is -1.03. The molecule has 0 aliphatic carbocycles. The van der Waals surface area contributed by atoms with Crippen LogP contribution in [0.15, 0.2) is 22.7 Å². The standard InChI is InChI=1S/C12H14BrNO2/c1-8-3-4-9(7-10(8)13)14-6-5-11(14)12(15)16-2/h3-4,7,11H,5-6H2,1-2H3. The first-order valence-corrected chi connectivity index (χ1v) is 6.03. The van der Waals surface area contributed by atoms with Crippen LogP contribution in [0.5, 0.6) is 0 Å². The van der Waals surface area contributed by atoms with Crippen LogP contribution in [0.25, 0.3) is 0 Å². The smallest absolute Gasteiger partial charge is 0.328 e. The van der Waals surface area contributed by atoms with Gasteiger partial charge in [0.05, 0.1) is 7.11 Å². The van der Waals surface area contributed by atoms with E-state index in [1.807, 2.05) is 25.1 Å². The lowest BCUT2D eigenvalue weighted by atomic mass is 10.0. The van der Waals surface area contributed by atoms with E-state index >= 15 is 0 Å². The average Bonchev–Trinajstić information content (AvgIpc) is 2.21. The molecule has 0 amide bonds. The Morgan fingerprint density at radius 1 is 1.56 bits per heavy atom. The van der Waals surface area contributed by atoms with Crippen LogP contribution in [-0.2, 0) is 9.53 Å². The third kappa shape index (κ3) is 1.94. The van der Waals surface area contributed by atoms with E-state index in [0.717, 1.165) is 23.1 Å². The molecular weight excluding hydrogens is 270 g/mol. The number of hydrogen-bond donors (Lipinski definition) is 0. The molecule has 1 aromatic rings. The molecular formula is C12H14BrNO2. The number of benzene rings is 1. The van der Waals surface area contributed by atoms with E-state index in [1.165, 1.54) is 12.7 Å². The van der Waals surface area contributed by atoms with Crippen LogP contribution in [0.2, 0.25) is 0 Å². The number of anilines is 1. The minimum atomic E-state index is -0.150. The summed E-state index contributed by atoms with van der Waals surface area (Å²) in [7, 11) is 1.43. The van der Waals surface area contributed by atoms with E-state index in [1.54, 1.807) is 0 Å². The van der Waals surface area contributed by atoms with Crippen molar-refractivity contribution < 1.29 is 9.53 Å². The molecule has 16 heavy (non-hydrogen) atoms. The molecule has 0 spiro atoms. The van der Waals surface area contributed by atoms with Crippen molar-refractivity contribution >= 4 is 27.6 Å². The Morgan fingerprint density at radius 3 is 2.81 bits per heavy atom. The van der Waals surface area contributed by atoms with Crippen LogP contribution < -0.4 is 4.90 Å². The Morgan fingerprint density at radius 2 is 2.31 bits per heavy atom. The van der Waals surface area contributed by atoms with Crippen molar-refractivity contribution in [2.45, 2.75) is 19.4 Å². The minimum Gasteiger partial charge on any atom is -0.467 e. The first-order chi connectivity index (χ1) is 7.63. The minimum absolute atomic E-state index is 0.111. The van der Waals surface area contributed by atoms with E-state index in [-0.39, 0.29) is 12.0 Å². The van der Waals surface area contributed by atoms with Crippen molar-refractivity contribution in [2.24, 2.45) is 0 Å². The van der Waals surface area contributed by atoms with Crippen molar-refractivity contribution in [1.29, 1.82) is 0 Å². The summed E-state index contributed by atoms with van der Waals surface area (Å²) in [5.41, 5.74) is 2.26. The molecule has 0 aromatic heterocycles. The number of methoxy groups -OCH3 is 1. The summed E-state index contributed by atoms with van der Waals surface area (Å²) < 4.78 is 5.84. The summed E-state index contributed by atoms with van der Waals surface area (Å²) >= 11 is 3.50. The summed E-state index contributed by atoms with van der Waals surface area (Å²) in [4.78, 5) is 13.5. The highest BCUT2D eigenvalue weighted by Gasteiger charge is 2.35. The fraction of sp³-hybridized carbons (Fsp3) is 0.417. The van der Waals surface area contributed by atoms with Gasteiger partial charge in [-0.3, -0.25) is 0 Å². The second-order valence-corrected chi connectivity index (χ2v) is 4.81. The van der Waals surface area contributed by atoms with Gasteiger partial charge in [0.25, 0.3) is 0 Å². The molecule has 2 rings (SSSR count). The van der Waals surface area contributed by atoms with Crippen molar-refractivity contribution in [3.8, 4) is 0 Å². The average molecular weight is 284 g/mol. The Kier molecular flexibility index (Phi) is 3.19. The largest absolute Gasteiger partial charge is 0.467 e. The van der Waals surface area contributed by atoms with Crippen molar-refractivity contribution in [2.75, 3.05) is 18.6 Å². The quantitative estimate of drug-likeness (QED) is 0.781. The SMILES string of the molecule is COC(=O)C1CCN1c1ccc(C)c(Br)c1. The van der Waals surface area contributed by atoms with Crippen LogP contribution in [0.3, 0.4) is 0 Å². The fourth-order valence-corrected chi connectivity index (χ4v) is 2.20. The molecule has 86 valence electrons. The molecule has 1 atom stereocenters. The molecule has 1 heterocycles. The highest BCUT2D eigenvalue weighted by atomic mass is 79.9. The van der Waals surface area contributed by atoms with E-state index in [4.69, 9.17) is 4.74 Å². The van der Waals surface area contributed by atoms with Crippen molar-refractivity contribution in [3.05, 3.63) is 28.2 Å². The predicted molar refractivity (Wildman–Crippen MR) is 66.6 cm³/mol. The van der Waals surface area contributed by atoms with E-state index < -0.39 is 0 Å². The lowest BCUT2D eigenvalue weighted by Gasteiger charge is -2.40. The predicted octanol–water partition coefficient (Wildman–Crippen LogP) is 2.51. The number of esters is 1. The highest BCUT2D eigenvalue weighted by molar-refractivity contribution is 9.10. The van der Waals surface area contributed by atoms with E-state index in [2.05, 4.69) is 20.8 Å². The van der Waals surface area contributed by atoms with Gasteiger partial charge in [0.15, 0.2) is 0 Å². The topological polar surface area (TPSA) is 29.5 Å². The van der Waals surface area contributed by atoms with Gasteiger partial charge in [0.1, 0.15) is 6.04 Å². The third-order valence-corrected chi connectivity index (χ3v) is 3.83. The lowest BCUT2D eigenvalue weighted by Crippen LogP contribution is -2.53. The highest BCUT2D eigenvalue weighted by Crippen LogP contribution is 2.30. The normalized spacial score (nSPS) is 19.2. The summed E-state index contributed by atoms with van der Waals surface area (Å²) in [5, 5.41) is 0. The van der Waals surface area contributed by atoms with Crippen LogP contribution in [-0.4, -0.2) is 25.7 Å². The van der Waals surface area contributed by atoms with Crippen LogP contribution in [0.4, 0.5) is 5.69 Å². The number of hydrogen-bond acceptors (Lipinski definition) is 3. The number of carbonyl (C=O) groups excluding carboxylic acids is 1. The van der Waals surface area contributed by atoms with Crippen LogP contribution in [0, 0.1) is 6.92 Å². The van der Waals surface area contributed by atoms with Gasteiger partial charge in [-0.1, -0.05) is 22.0 Å². The maximum Gasteiger partial charge on any atom is 0.328 e. The zero-order valence-corrected chi connectivity index (χ0v) is 11.0. The van der Waals surface area contributed by atoms with Crippen LogP contribution in [0.1, 0.15) is 12.0 Å². The van der Waals surface area contributed by atoms with Crippen molar-refractivity contribution in [3.63, 3.8) is 0 Å². The lowest BCUT2D eigenvalue weighted by molar-refractivity contribution is -0.143. The molecule has 0 bridgehead atoms. The molecule has 0 radical (unpaired) electrons. The van der Waals surface area contributed by atoms with Gasteiger partial charge in [0.2, 0.25) is 0 Å². The van der Waals surface area contributed by atoms with Gasteiger partial charge in [-0.2, -0.15) is 0 Å². The second-order valence-electron chi connectivity index (χ2n) is 3.95. The molecule has 1 fully saturated rings. The number of aryl methyl sites for hydroxylation is 1. The number of halogens is 1. The van der Waals surface area contributed by atoms with Crippen LogP contribution >= 0.6 is 15.9 Å². The number of nitrogens with zero attached hydrogens (tertiary/aromatic N) is 1. The summed E-state index contributed by atoms with van der Waals surface area (Å²) in [6.45, 7) is 2.96. The van der Waals surface area contributed by atoms with Gasteiger partial charge < -0.3 is 9.64 Å². The number of rotatable bonds is 2. The van der Waals surface area contributed by atoms with E-state index in [0.29, 0.717) is 0 Å². The molecule has 0 saturated carbocycles. The molecule has 0 N–H and O–H groups in total. The molecule has 1 saturated heterocycles. The van der Waals surface area contributed by atoms with Gasteiger partial charge in [-0.15, -0.1) is 0 Å². The Bertz CT molecular complexity index is 419. The molecule has 1 unspecified atom stereocenters. The molecule has 4 heteroatoms. The van der Waals surface area contributed by atoms with Gasteiger partial charge >= 0.3 is 5.97 Å². The summed E-state index contributed by atoms with van der Waals surface area (Å²) in [5.74, 6) is -0.150. The maximum atomic E-state index is 11.5. The van der Waals surface area contributed by atoms with Gasteiger partial charge in [-0.25, -0.2) is 4.79 Å².